The fourth-order valence-corrected chi connectivity index (χ4v) is 2.48. The van der Waals surface area contributed by atoms with Crippen LogP contribution in [0.3, 0.4) is 0 Å². The first-order chi connectivity index (χ1) is 10.6. The van der Waals surface area contributed by atoms with Crippen LogP contribution in [0.15, 0.2) is 18.2 Å². The van der Waals surface area contributed by atoms with Crippen molar-refractivity contribution in [2.45, 2.75) is 6.92 Å². The predicted molar refractivity (Wildman–Crippen MR) is 85.1 cm³/mol. The van der Waals surface area contributed by atoms with Crippen LogP contribution < -0.4 is 4.72 Å². The zero-order chi connectivity index (χ0) is 17.6. The van der Waals surface area contributed by atoms with Crippen molar-refractivity contribution in [2.24, 2.45) is 0 Å². The minimum Gasteiger partial charge on any atom is -0.480 e. The highest BCUT2D eigenvalue weighted by molar-refractivity contribution is 7.92. The number of ether oxygens (including phenoxy) is 1. The molecule has 0 aliphatic heterocycles. The molecule has 1 aromatic rings. The summed E-state index contributed by atoms with van der Waals surface area (Å²) in [5, 5.41) is 8.90. The summed E-state index contributed by atoms with van der Waals surface area (Å²) in [6, 6.07) is 4.50. The second-order valence-corrected chi connectivity index (χ2v) is 6.77. The van der Waals surface area contributed by atoms with Crippen LogP contribution >= 0.6 is 0 Å². The molecule has 0 saturated carbocycles. The first-order valence-corrected chi connectivity index (χ1v) is 8.61. The second-order valence-electron chi connectivity index (χ2n) is 5.02. The van der Waals surface area contributed by atoms with E-state index in [0.29, 0.717) is 5.56 Å². The fourth-order valence-electron chi connectivity index (χ4n) is 1.86. The zero-order valence-corrected chi connectivity index (χ0v) is 14.0. The number of nitrogens with zero attached hydrogens (tertiary/aromatic N) is 1. The molecule has 0 heterocycles. The summed E-state index contributed by atoms with van der Waals surface area (Å²) in [4.78, 5) is 24.5. The van der Waals surface area contributed by atoms with Crippen LogP contribution in [0.2, 0.25) is 0 Å². The Hall–Kier alpha value is -2.13. The summed E-state index contributed by atoms with van der Waals surface area (Å²) in [7, 11) is -2.04. The summed E-state index contributed by atoms with van der Waals surface area (Å²) in [5.74, 6) is -1.66. The molecule has 0 spiro atoms. The van der Waals surface area contributed by atoms with E-state index in [1.54, 1.807) is 13.0 Å². The Morgan fingerprint density at radius 2 is 2.00 bits per heavy atom. The van der Waals surface area contributed by atoms with Gasteiger partial charge in [-0.3, -0.25) is 14.3 Å². The first-order valence-electron chi connectivity index (χ1n) is 6.72. The maximum atomic E-state index is 12.4. The number of hydrogen-bond acceptors (Lipinski definition) is 5. The molecule has 1 aromatic carbocycles. The number of rotatable bonds is 8. The number of hydrogen-bond donors (Lipinski definition) is 2. The lowest BCUT2D eigenvalue weighted by molar-refractivity contribution is -0.137. The Labute approximate surface area is 135 Å². The van der Waals surface area contributed by atoms with E-state index < -0.39 is 28.4 Å². The van der Waals surface area contributed by atoms with Gasteiger partial charge < -0.3 is 14.7 Å². The van der Waals surface area contributed by atoms with Gasteiger partial charge in [0.25, 0.3) is 5.91 Å². The third kappa shape index (κ3) is 6.25. The summed E-state index contributed by atoms with van der Waals surface area (Å²) in [5.41, 5.74) is 1.12. The van der Waals surface area contributed by atoms with E-state index in [4.69, 9.17) is 9.84 Å². The maximum absolute atomic E-state index is 12.4. The van der Waals surface area contributed by atoms with Crippen molar-refractivity contribution in [1.82, 2.24) is 4.90 Å². The van der Waals surface area contributed by atoms with Crippen molar-refractivity contribution in [3.63, 3.8) is 0 Å². The Morgan fingerprint density at radius 3 is 2.52 bits per heavy atom. The highest BCUT2D eigenvalue weighted by atomic mass is 32.2. The Morgan fingerprint density at radius 1 is 1.35 bits per heavy atom. The molecule has 0 saturated heterocycles. The third-order valence-corrected chi connectivity index (χ3v) is 3.55. The number of nitrogens with one attached hydrogen (secondary N) is 1. The average Bonchev–Trinajstić information content (AvgIpc) is 2.43. The Kier molecular flexibility index (Phi) is 6.52. The van der Waals surface area contributed by atoms with Crippen molar-refractivity contribution in [3.8, 4) is 0 Å². The van der Waals surface area contributed by atoms with Gasteiger partial charge in [0, 0.05) is 19.2 Å². The summed E-state index contributed by atoms with van der Waals surface area (Å²) in [6.45, 7) is 1.54. The molecule has 0 atom stereocenters. The summed E-state index contributed by atoms with van der Waals surface area (Å²) in [6.07, 6.45) is 1.01. The number of methoxy groups -OCH3 is 1. The van der Waals surface area contributed by atoms with Gasteiger partial charge in [0.1, 0.15) is 6.54 Å². The number of amides is 1. The van der Waals surface area contributed by atoms with Crippen molar-refractivity contribution >= 4 is 27.6 Å². The van der Waals surface area contributed by atoms with Gasteiger partial charge in [0.15, 0.2) is 0 Å². The number of carboxylic acids is 1. The smallest absolute Gasteiger partial charge is 0.323 e. The molecule has 23 heavy (non-hydrogen) atoms. The van der Waals surface area contributed by atoms with Gasteiger partial charge >= 0.3 is 5.97 Å². The molecular weight excluding hydrogens is 324 g/mol. The van der Waals surface area contributed by atoms with Crippen LogP contribution in [-0.4, -0.2) is 63.4 Å². The number of benzene rings is 1. The topological polar surface area (TPSA) is 113 Å². The number of carboxylic acid groups (broad SMARTS) is 1. The maximum Gasteiger partial charge on any atom is 0.323 e. The molecule has 1 rings (SSSR count). The lowest BCUT2D eigenvalue weighted by Crippen LogP contribution is -2.38. The molecule has 0 fully saturated rings. The van der Waals surface area contributed by atoms with E-state index in [0.717, 1.165) is 11.2 Å². The lowest BCUT2D eigenvalue weighted by atomic mass is 10.1. The van der Waals surface area contributed by atoms with Crippen molar-refractivity contribution in [2.75, 3.05) is 37.8 Å². The van der Waals surface area contributed by atoms with E-state index in [1.807, 2.05) is 0 Å². The van der Waals surface area contributed by atoms with Crippen LogP contribution in [0.25, 0.3) is 0 Å². The average molecular weight is 344 g/mol. The Bertz CT molecular complexity index is 687. The molecule has 0 aromatic heterocycles. The zero-order valence-electron chi connectivity index (χ0n) is 13.2. The SMILES string of the molecule is COCCN(CC(=O)O)C(=O)c1ccc(C)c(NS(C)(=O)=O)c1. The number of aryl methyl sites for hydroxylation is 1. The number of sulfonamides is 1. The van der Waals surface area contributed by atoms with Crippen molar-refractivity contribution in [3.05, 3.63) is 29.3 Å². The lowest BCUT2D eigenvalue weighted by Gasteiger charge is -2.21. The van der Waals surface area contributed by atoms with E-state index in [-0.39, 0.29) is 24.4 Å². The number of carbonyl (C=O) groups is 2. The monoisotopic (exact) mass is 344 g/mol. The van der Waals surface area contributed by atoms with Crippen LogP contribution in [0.4, 0.5) is 5.69 Å². The van der Waals surface area contributed by atoms with E-state index >= 15 is 0 Å². The molecule has 0 aliphatic rings. The molecule has 9 heteroatoms. The molecule has 0 aliphatic carbocycles. The molecule has 8 nitrogen and oxygen atoms in total. The number of anilines is 1. The molecule has 0 radical (unpaired) electrons. The molecule has 2 N–H and O–H groups in total. The van der Waals surface area contributed by atoms with Gasteiger partial charge in [0.05, 0.1) is 18.6 Å². The van der Waals surface area contributed by atoms with E-state index in [9.17, 15) is 18.0 Å². The second kappa shape index (κ2) is 7.93. The highest BCUT2D eigenvalue weighted by Gasteiger charge is 2.19. The minimum absolute atomic E-state index is 0.115. The van der Waals surface area contributed by atoms with Gasteiger partial charge in [-0.25, -0.2) is 8.42 Å². The van der Waals surface area contributed by atoms with Gasteiger partial charge in [-0.15, -0.1) is 0 Å². The Balaban J connectivity index is 3.09. The summed E-state index contributed by atoms with van der Waals surface area (Å²) < 4.78 is 29.9. The van der Waals surface area contributed by atoms with Crippen molar-refractivity contribution < 1.29 is 27.9 Å². The van der Waals surface area contributed by atoms with Crippen LogP contribution in [0.1, 0.15) is 15.9 Å². The fraction of sp³-hybridized carbons (Fsp3) is 0.429. The normalized spacial score (nSPS) is 11.1. The molecular formula is C14H20N2O6S. The highest BCUT2D eigenvalue weighted by Crippen LogP contribution is 2.19. The number of aliphatic carboxylic acids is 1. The third-order valence-electron chi connectivity index (χ3n) is 2.96. The van der Waals surface area contributed by atoms with Crippen molar-refractivity contribution in [1.29, 1.82) is 0 Å². The molecule has 1 amide bonds. The van der Waals surface area contributed by atoms with E-state index in [1.165, 1.54) is 19.2 Å². The predicted octanol–water partition coefficient (Wildman–Crippen LogP) is 0.540. The van der Waals surface area contributed by atoms with Gasteiger partial charge in [-0.05, 0) is 24.6 Å². The molecule has 0 unspecified atom stereocenters. The first kappa shape index (κ1) is 18.9. The minimum atomic E-state index is -3.48. The standard InChI is InChI=1S/C14H20N2O6S/c1-10-4-5-11(8-12(10)15-23(3,20)21)14(19)16(6-7-22-2)9-13(17)18/h4-5,8,15H,6-7,9H2,1-3H3,(H,17,18). The van der Waals surface area contributed by atoms with E-state index in [2.05, 4.69) is 4.72 Å². The largest absolute Gasteiger partial charge is 0.480 e. The number of carbonyl (C=O) groups excluding carboxylic acids is 1. The van der Waals surface area contributed by atoms with Gasteiger partial charge in [-0.1, -0.05) is 6.07 Å². The summed E-state index contributed by atoms with van der Waals surface area (Å²) >= 11 is 0. The van der Waals surface area contributed by atoms with Gasteiger partial charge in [-0.2, -0.15) is 0 Å². The quantitative estimate of drug-likeness (QED) is 0.712. The molecule has 128 valence electrons. The van der Waals surface area contributed by atoms with Crippen LogP contribution in [0.5, 0.6) is 0 Å². The van der Waals surface area contributed by atoms with Gasteiger partial charge in [0.2, 0.25) is 10.0 Å². The van der Waals surface area contributed by atoms with Crippen LogP contribution in [-0.2, 0) is 19.6 Å². The van der Waals surface area contributed by atoms with Crippen LogP contribution in [0, 0.1) is 6.92 Å². The molecule has 0 bridgehead atoms.